The van der Waals surface area contributed by atoms with Gasteiger partial charge < -0.3 is 14.8 Å². The van der Waals surface area contributed by atoms with E-state index >= 15 is 0 Å². The number of carbonyl (C=O) groups excluding carboxylic acids is 2. The number of rotatable bonds is 22. The number of nitrogens with zero attached hydrogens (tertiary/aromatic N) is 4. The molecule has 0 bridgehead atoms. The van der Waals surface area contributed by atoms with Crippen LogP contribution in [0.5, 0.6) is 0 Å². The average Bonchev–Trinajstić information content (AvgIpc) is 3.32. The van der Waals surface area contributed by atoms with E-state index in [9.17, 15) is 9.59 Å². The monoisotopic (exact) mass is 555 g/mol. The predicted octanol–water partition coefficient (Wildman–Crippen LogP) is 8.03. The van der Waals surface area contributed by atoms with Gasteiger partial charge in [0.05, 0.1) is 11.0 Å². The lowest BCUT2D eigenvalue weighted by atomic mass is 10.0. The molecule has 0 saturated carbocycles. The van der Waals surface area contributed by atoms with Crippen LogP contribution in [0.4, 0.5) is 4.79 Å². The highest BCUT2D eigenvalue weighted by atomic mass is 16.2. The largest absolute Gasteiger partial charge is 0.341 e. The zero-order valence-corrected chi connectivity index (χ0v) is 26.1. The molecule has 1 aromatic carbocycles. The Balaban J connectivity index is 1.75. The van der Waals surface area contributed by atoms with Crippen LogP contribution < -0.4 is 5.32 Å². The molecule has 226 valence electrons. The molecule has 2 rings (SSSR count). The van der Waals surface area contributed by atoms with Crippen molar-refractivity contribution in [1.29, 1.82) is 0 Å². The molecule has 0 aliphatic carbocycles. The summed E-state index contributed by atoms with van der Waals surface area (Å²) in [5.41, 5.74) is 1.75. The minimum Gasteiger partial charge on any atom is -0.341 e. The van der Waals surface area contributed by atoms with Crippen LogP contribution in [0.15, 0.2) is 24.3 Å². The number of urea groups is 1. The van der Waals surface area contributed by atoms with Crippen molar-refractivity contribution in [2.24, 2.45) is 0 Å². The fourth-order valence-electron chi connectivity index (χ4n) is 5.38. The minimum atomic E-state index is -0.384. The number of imidazole rings is 1. The van der Waals surface area contributed by atoms with Crippen molar-refractivity contribution in [2.45, 2.75) is 123 Å². The van der Waals surface area contributed by atoms with E-state index < -0.39 is 0 Å². The van der Waals surface area contributed by atoms with Crippen LogP contribution in [0.1, 0.15) is 127 Å². The molecule has 0 fully saturated rings. The van der Waals surface area contributed by atoms with Crippen LogP contribution in [0.2, 0.25) is 0 Å². The van der Waals surface area contributed by atoms with Crippen molar-refractivity contribution < 1.29 is 9.59 Å². The van der Waals surface area contributed by atoms with Gasteiger partial charge in [-0.1, -0.05) is 115 Å². The van der Waals surface area contributed by atoms with E-state index in [1.165, 1.54) is 94.8 Å². The number of hydrogen-bond acceptors (Lipinski definition) is 4. The third-order valence-electron chi connectivity index (χ3n) is 7.77. The van der Waals surface area contributed by atoms with E-state index in [1.54, 1.807) is 7.05 Å². The van der Waals surface area contributed by atoms with Crippen molar-refractivity contribution in [3.63, 3.8) is 0 Å². The Morgan fingerprint density at radius 3 is 1.80 bits per heavy atom. The summed E-state index contributed by atoms with van der Waals surface area (Å²) in [6.45, 7) is 4.18. The Morgan fingerprint density at radius 2 is 1.27 bits per heavy atom. The summed E-state index contributed by atoms with van der Waals surface area (Å²) in [6.07, 6.45) is 22.0. The van der Waals surface area contributed by atoms with Crippen LogP contribution in [-0.4, -0.2) is 65.5 Å². The van der Waals surface area contributed by atoms with Gasteiger partial charge in [0.25, 0.3) is 5.91 Å². The molecule has 0 aliphatic heterocycles. The first-order chi connectivity index (χ1) is 19.5. The van der Waals surface area contributed by atoms with Crippen molar-refractivity contribution in [3.05, 3.63) is 30.1 Å². The van der Waals surface area contributed by atoms with Gasteiger partial charge in [-0.25, -0.2) is 9.78 Å². The second-order valence-corrected chi connectivity index (χ2v) is 11.5. The van der Waals surface area contributed by atoms with Gasteiger partial charge in [0.2, 0.25) is 5.82 Å². The van der Waals surface area contributed by atoms with E-state index in [0.29, 0.717) is 18.8 Å². The van der Waals surface area contributed by atoms with Gasteiger partial charge in [0.15, 0.2) is 0 Å². The van der Waals surface area contributed by atoms with E-state index in [4.69, 9.17) is 0 Å². The smallest absolute Gasteiger partial charge is 0.324 e. The number of aryl methyl sites for hydroxylation is 1. The zero-order valence-electron chi connectivity index (χ0n) is 26.1. The number of carbonyl (C=O) groups is 2. The van der Waals surface area contributed by atoms with Crippen molar-refractivity contribution in [1.82, 2.24) is 24.7 Å². The molecule has 0 unspecified atom stereocenters. The SMILES string of the molecule is CCCCCCCCCCCCCCCCCCn1c(C(=O)N(CCCN(C)C)C(=O)NC)nc2ccccc21. The number of amides is 3. The maximum Gasteiger partial charge on any atom is 0.324 e. The van der Waals surface area contributed by atoms with Gasteiger partial charge in [0.1, 0.15) is 0 Å². The van der Waals surface area contributed by atoms with Crippen LogP contribution in [0.25, 0.3) is 11.0 Å². The van der Waals surface area contributed by atoms with Gasteiger partial charge in [-0.15, -0.1) is 0 Å². The fraction of sp³-hybridized carbons (Fsp3) is 0.727. The molecule has 3 amide bonds. The van der Waals surface area contributed by atoms with E-state index in [1.807, 2.05) is 42.9 Å². The molecule has 1 aromatic heterocycles. The molecular weight excluding hydrogens is 498 g/mol. The van der Waals surface area contributed by atoms with Gasteiger partial charge in [-0.2, -0.15) is 0 Å². The molecule has 0 radical (unpaired) electrons. The van der Waals surface area contributed by atoms with Gasteiger partial charge >= 0.3 is 6.03 Å². The molecule has 0 saturated heterocycles. The van der Waals surface area contributed by atoms with Gasteiger partial charge in [-0.05, 0) is 45.6 Å². The highest BCUT2D eigenvalue weighted by Gasteiger charge is 2.27. The number of benzene rings is 1. The topological polar surface area (TPSA) is 70.5 Å². The predicted molar refractivity (Wildman–Crippen MR) is 168 cm³/mol. The summed E-state index contributed by atoms with van der Waals surface area (Å²) in [6, 6.07) is 7.49. The molecule has 0 spiro atoms. The normalized spacial score (nSPS) is 11.4. The molecule has 0 aliphatic rings. The molecule has 7 heteroatoms. The molecule has 1 heterocycles. The second kappa shape index (κ2) is 20.5. The van der Waals surface area contributed by atoms with Crippen LogP contribution in [-0.2, 0) is 6.54 Å². The summed E-state index contributed by atoms with van der Waals surface area (Å²) >= 11 is 0. The van der Waals surface area contributed by atoms with Crippen LogP contribution in [0.3, 0.4) is 0 Å². The van der Waals surface area contributed by atoms with E-state index in [0.717, 1.165) is 37.0 Å². The Hall–Kier alpha value is -2.41. The maximum absolute atomic E-state index is 13.6. The molecular formula is C33H57N5O2. The summed E-state index contributed by atoms with van der Waals surface area (Å²) in [4.78, 5) is 34.2. The standard InChI is InChI=1S/C33H57N5O2/c1-5-6-7-8-9-10-11-12-13-14-15-16-17-18-19-22-27-37-30-25-21-20-24-29(30)35-31(37)32(39)38(33(40)34-2)28-23-26-36(3)4/h20-21,24-25H,5-19,22-23,26-28H2,1-4H3,(H,34,40). The number of unbranched alkanes of at least 4 members (excludes halogenated alkanes) is 15. The summed E-state index contributed by atoms with van der Waals surface area (Å²) in [7, 11) is 5.54. The molecule has 40 heavy (non-hydrogen) atoms. The summed E-state index contributed by atoms with van der Waals surface area (Å²) < 4.78 is 2.02. The third-order valence-corrected chi connectivity index (χ3v) is 7.77. The van der Waals surface area contributed by atoms with Crippen LogP contribution in [0, 0.1) is 0 Å². The Labute approximate surface area is 244 Å². The molecule has 7 nitrogen and oxygen atoms in total. The lowest BCUT2D eigenvalue weighted by Crippen LogP contribution is -2.44. The second-order valence-electron chi connectivity index (χ2n) is 11.5. The number of nitrogens with one attached hydrogen (secondary N) is 1. The van der Waals surface area contributed by atoms with Gasteiger partial charge in [-0.3, -0.25) is 9.69 Å². The number of aromatic nitrogens is 2. The average molecular weight is 556 g/mol. The maximum atomic E-state index is 13.6. The quantitative estimate of drug-likeness (QED) is 0.149. The number of fused-ring (bicyclic) bond motifs is 1. The fourth-order valence-corrected chi connectivity index (χ4v) is 5.38. The first-order valence-electron chi connectivity index (χ1n) is 16.1. The first kappa shape index (κ1) is 33.8. The number of imide groups is 1. The highest BCUT2D eigenvalue weighted by molar-refractivity contribution is 6.03. The molecule has 0 atom stereocenters. The van der Waals surface area contributed by atoms with E-state index in [2.05, 4.69) is 22.1 Å². The highest BCUT2D eigenvalue weighted by Crippen LogP contribution is 2.20. The number of para-hydroxylation sites is 2. The minimum absolute atomic E-state index is 0.328. The lowest BCUT2D eigenvalue weighted by molar-refractivity contribution is 0.0781. The first-order valence-corrected chi connectivity index (χ1v) is 16.1. The van der Waals surface area contributed by atoms with Crippen molar-refractivity contribution >= 4 is 23.0 Å². The van der Waals surface area contributed by atoms with E-state index in [-0.39, 0.29) is 11.9 Å². The summed E-state index contributed by atoms with van der Waals surface area (Å²) in [5, 5.41) is 2.62. The molecule has 2 aromatic rings. The Morgan fingerprint density at radius 1 is 0.750 bits per heavy atom. The zero-order chi connectivity index (χ0) is 29.0. The number of hydrogen-bond donors (Lipinski definition) is 1. The van der Waals surface area contributed by atoms with Crippen molar-refractivity contribution in [3.8, 4) is 0 Å². The van der Waals surface area contributed by atoms with Crippen LogP contribution >= 0.6 is 0 Å². The Kier molecular flexibility index (Phi) is 17.3. The summed E-state index contributed by atoms with van der Waals surface area (Å²) in [5.74, 6) is 0.0291. The lowest BCUT2D eigenvalue weighted by Gasteiger charge is -2.21. The Bertz CT molecular complexity index is 971. The molecule has 1 N–H and O–H groups in total. The van der Waals surface area contributed by atoms with Gasteiger partial charge in [0, 0.05) is 20.1 Å². The third kappa shape index (κ3) is 12.4. The van der Waals surface area contributed by atoms with Crippen molar-refractivity contribution in [2.75, 3.05) is 34.2 Å².